The highest BCUT2D eigenvalue weighted by molar-refractivity contribution is 8.01. The third-order valence-electron chi connectivity index (χ3n) is 5.42. The van der Waals surface area contributed by atoms with Crippen molar-refractivity contribution in [3.8, 4) is 0 Å². The molecule has 2 atom stereocenters. The quantitative estimate of drug-likeness (QED) is 0.603. The van der Waals surface area contributed by atoms with Crippen LogP contribution in [0.2, 0.25) is 0 Å². The summed E-state index contributed by atoms with van der Waals surface area (Å²) in [4.78, 5) is 39.6. The van der Waals surface area contributed by atoms with Crippen LogP contribution in [-0.4, -0.2) is 45.4 Å². The van der Waals surface area contributed by atoms with Crippen molar-refractivity contribution in [3.63, 3.8) is 0 Å². The fraction of sp³-hybridized carbons (Fsp3) is 0.348. The molecule has 156 valence electrons. The zero-order valence-electron chi connectivity index (χ0n) is 16.9. The molecule has 2 heterocycles. The van der Waals surface area contributed by atoms with E-state index in [1.165, 1.54) is 16.7 Å². The Morgan fingerprint density at radius 1 is 1.07 bits per heavy atom. The Bertz CT molecular complexity index is 909. The number of carbonyl (C=O) groups is 3. The maximum atomic E-state index is 13.5. The van der Waals surface area contributed by atoms with Gasteiger partial charge < -0.3 is 15.0 Å². The van der Waals surface area contributed by atoms with Gasteiger partial charge in [-0.1, -0.05) is 60.7 Å². The van der Waals surface area contributed by atoms with Crippen LogP contribution in [0.4, 0.5) is 0 Å². The molecule has 0 saturated carbocycles. The topological polar surface area (TPSA) is 75.7 Å². The van der Waals surface area contributed by atoms with Crippen LogP contribution in [0.1, 0.15) is 37.5 Å². The summed E-state index contributed by atoms with van der Waals surface area (Å²) in [5.41, 5.74) is 1.71. The lowest BCUT2D eigenvalue weighted by atomic mass is 9.99. The third kappa shape index (κ3) is 3.94. The van der Waals surface area contributed by atoms with Crippen molar-refractivity contribution in [1.82, 2.24) is 10.2 Å². The molecule has 2 fully saturated rings. The van der Waals surface area contributed by atoms with Crippen LogP contribution in [0.3, 0.4) is 0 Å². The standard InChI is InChI=1S/C23H24N2O4S/c1-23(2)21(25-18(27)13-17(26)24-14-19(25)30-23)22(28)29-20(15-9-5-3-6-10-15)16-11-7-4-8-12-16/h3-12,19-21H,13-14H2,1-2H3,(H,24,26)/t19-,21+/m1/s1. The SMILES string of the molecule is CC1(C)S[C@@H]2CNC(=O)CC(=O)N2[C@H]1C(=O)OC(c1ccccc1)c1ccccc1. The maximum absolute atomic E-state index is 13.5. The number of nitrogens with zero attached hydrogens (tertiary/aromatic N) is 1. The Kier molecular flexibility index (Phi) is 5.56. The first-order valence-electron chi connectivity index (χ1n) is 9.93. The number of fused-ring (bicyclic) bond motifs is 1. The Morgan fingerprint density at radius 2 is 1.63 bits per heavy atom. The van der Waals surface area contributed by atoms with Gasteiger partial charge in [-0.25, -0.2) is 4.79 Å². The zero-order chi connectivity index (χ0) is 21.3. The van der Waals surface area contributed by atoms with Crippen molar-refractivity contribution in [2.24, 2.45) is 0 Å². The molecule has 2 aromatic carbocycles. The summed E-state index contributed by atoms with van der Waals surface area (Å²) < 4.78 is 5.51. The summed E-state index contributed by atoms with van der Waals surface area (Å²) in [5.74, 6) is -1.12. The van der Waals surface area contributed by atoms with Gasteiger partial charge in [0.15, 0.2) is 6.10 Å². The summed E-state index contributed by atoms with van der Waals surface area (Å²) >= 11 is 1.52. The molecule has 0 aliphatic carbocycles. The molecule has 2 aliphatic rings. The fourth-order valence-corrected chi connectivity index (χ4v) is 5.63. The molecule has 7 heteroatoms. The lowest BCUT2D eigenvalue weighted by molar-refractivity contribution is -0.159. The molecule has 4 rings (SSSR count). The number of rotatable bonds is 4. The van der Waals surface area contributed by atoms with Gasteiger partial charge in [0.25, 0.3) is 0 Å². The number of hydrogen-bond acceptors (Lipinski definition) is 5. The van der Waals surface area contributed by atoms with Crippen LogP contribution < -0.4 is 5.32 Å². The van der Waals surface area contributed by atoms with E-state index in [4.69, 9.17) is 4.74 Å². The van der Waals surface area contributed by atoms with Crippen LogP contribution in [0, 0.1) is 0 Å². The van der Waals surface area contributed by atoms with Crippen molar-refractivity contribution in [3.05, 3.63) is 71.8 Å². The van der Waals surface area contributed by atoms with E-state index in [-0.39, 0.29) is 23.6 Å². The Balaban J connectivity index is 1.66. The number of nitrogens with one attached hydrogen (secondary N) is 1. The molecule has 30 heavy (non-hydrogen) atoms. The van der Waals surface area contributed by atoms with E-state index in [1.807, 2.05) is 74.5 Å². The lowest BCUT2D eigenvalue weighted by Crippen LogP contribution is -2.51. The van der Waals surface area contributed by atoms with Crippen LogP contribution >= 0.6 is 11.8 Å². The van der Waals surface area contributed by atoms with Crippen molar-refractivity contribution in [2.75, 3.05) is 6.54 Å². The van der Waals surface area contributed by atoms with E-state index in [2.05, 4.69) is 5.32 Å². The first-order chi connectivity index (χ1) is 14.4. The minimum absolute atomic E-state index is 0.252. The number of amides is 2. The van der Waals surface area contributed by atoms with Crippen LogP contribution in [0.5, 0.6) is 0 Å². The van der Waals surface area contributed by atoms with Crippen molar-refractivity contribution >= 4 is 29.5 Å². The molecule has 0 aromatic heterocycles. The average Bonchev–Trinajstić information content (AvgIpc) is 2.94. The summed E-state index contributed by atoms with van der Waals surface area (Å²) in [7, 11) is 0. The maximum Gasteiger partial charge on any atom is 0.331 e. The summed E-state index contributed by atoms with van der Waals surface area (Å²) in [6.07, 6.45) is -0.834. The van der Waals surface area contributed by atoms with Gasteiger partial charge in [0, 0.05) is 11.3 Å². The Morgan fingerprint density at radius 3 is 2.20 bits per heavy atom. The molecule has 2 amide bonds. The highest BCUT2D eigenvalue weighted by Gasteiger charge is 2.55. The minimum atomic E-state index is -0.775. The third-order valence-corrected chi connectivity index (χ3v) is 6.92. The predicted molar refractivity (Wildman–Crippen MR) is 115 cm³/mol. The molecule has 6 nitrogen and oxygen atoms in total. The first-order valence-corrected chi connectivity index (χ1v) is 10.8. The van der Waals surface area contributed by atoms with Crippen molar-refractivity contribution in [2.45, 2.75) is 42.5 Å². The monoisotopic (exact) mass is 424 g/mol. The summed E-state index contributed by atoms with van der Waals surface area (Å²) in [5, 5.41) is 2.47. The Labute approximate surface area is 180 Å². The largest absolute Gasteiger partial charge is 0.451 e. The minimum Gasteiger partial charge on any atom is -0.451 e. The number of carbonyl (C=O) groups excluding carboxylic acids is 3. The van der Waals surface area contributed by atoms with E-state index in [0.717, 1.165) is 11.1 Å². The normalized spacial score (nSPS) is 23.0. The predicted octanol–water partition coefficient (Wildman–Crippen LogP) is 2.89. The number of ether oxygens (including phenoxy) is 1. The van der Waals surface area contributed by atoms with Crippen LogP contribution in [0.25, 0.3) is 0 Å². The second-order valence-corrected chi connectivity index (χ2v) is 9.83. The fourth-order valence-electron chi connectivity index (χ4n) is 4.07. The van der Waals surface area contributed by atoms with Crippen LogP contribution in [0.15, 0.2) is 60.7 Å². The van der Waals surface area contributed by atoms with E-state index in [0.29, 0.717) is 6.54 Å². The molecule has 0 bridgehead atoms. The average molecular weight is 425 g/mol. The first kappa shape index (κ1) is 20.5. The van der Waals surface area contributed by atoms with Gasteiger partial charge in [-0.2, -0.15) is 0 Å². The van der Waals surface area contributed by atoms with Crippen LogP contribution in [-0.2, 0) is 19.1 Å². The second-order valence-electron chi connectivity index (χ2n) is 8.00. The molecule has 0 radical (unpaired) electrons. The van der Waals surface area contributed by atoms with Gasteiger partial charge in [-0.05, 0) is 25.0 Å². The van der Waals surface area contributed by atoms with E-state index in [1.54, 1.807) is 0 Å². The van der Waals surface area contributed by atoms with Crippen molar-refractivity contribution < 1.29 is 19.1 Å². The van der Waals surface area contributed by atoms with Gasteiger partial charge in [-0.3, -0.25) is 9.59 Å². The van der Waals surface area contributed by atoms with E-state index < -0.39 is 22.9 Å². The van der Waals surface area contributed by atoms with E-state index >= 15 is 0 Å². The van der Waals surface area contributed by atoms with Gasteiger partial charge in [0.05, 0.1) is 5.37 Å². The summed E-state index contributed by atoms with van der Waals surface area (Å²) in [6.45, 7) is 4.20. The smallest absolute Gasteiger partial charge is 0.331 e. The Hall–Kier alpha value is -2.80. The summed E-state index contributed by atoms with van der Waals surface area (Å²) in [6, 6.07) is 18.3. The second kappa shape index (κ2) is 8.14. The van der Waals surface area contributed by atoms with E-state index in [9.17, 15) is 14.4 Å². The molecule has 2 saturated heterocycles. The number of hydrogen-bond donors (Lipinski definition) is 1. The lowest BCUT2D eigenvalue weighted by Gasteiger charge is -2.31. The molecule has 0 unspecified atom stereocenters. The zero-order valence-corrected chi connectivity index (χ0v) is 17.7. The van der Waals surface area contributed by atoms with Gasteiger partial charge in [-0.15, -0.1) is 11.8 Å². The number of thioether (sulfide) groups is 1. The molecule has 1 N–H and O–H groups in total. The molecule has 2 aliphatic heterocycles. The molecule has 2 aromatic rings. The van der Waals surface area contributed by atoms with Gasteiger partial charge in [0.1, 0.15) is 12.5 Å². The van der Waals surface area contributed by atoms with Crippen molar-refractivity contribution in [1.29, 1.82) is 0 Å². The highest BCUT2D eigenvalue weighted by Crippen LogP contribution is 2.46. The van der Waals surface area contributed by atoms with Gasteiger partial charge in [0.2, 0.25) is 11.8 Å². The van der Waals surface area contributed by atoms with Gasteiger partial charge >= 0.3 is 5.97 Å². The number of benzene rings is 2. The molecule has 0 spiro atoms. The number of esters is 1. The molecular weight excluding hydrogens is 400 g/mol. The highest BCUT2D eigenvalue weighted by atomic mass is 32.2. The molecular formula is C23H24N2O4S.